The van der Waals surface area contributed by atoms with E-state index >= 15 is 0 Å². The molecule has 0 saturated carbocycles. The molecule has 0 aliphatic carbocycles. The standard InChI is InChI=1S/C14H14F3NO2/c1-18(2)11-6-3-10(4-7-11)5-8-12(19)9-13(20)14(15,16)17/h3-8H,9H2,1-2H3/b8-5+. The molecule has 0 bridgehead atoms. The second-order valence-electron chi connectivity index (χ2n) is 4.38. The maximum Gasteiger partial charge on any atom is 0.450 e. The molecule has 0 heterocycles. The highest BCUT2D eigenvalue weighted by atomic mass is 19.4. The number of carbonyl (C=O) groups is 2. The average Bonchev–Trinajstić information content (AvgIpc) is 2.35. The first kappa shape index (κ1) is 15.9. The molecule has 6 heteroatoms. The van der Waals surface area contributed by atoms with Crippen molar-refractivity contribution in [1.82, 2.24) is 0 Å². The van der Waals surface area contributed by atoms with Crippen LogP contribution in [0, 0.1) is 0 Å². The molecule has 0 radical (unpaired) electrons. The summed E-state index contributed by atoms with van der Waals surface area (Å²) in [5.74, 6) is -2.90. The van der Waals surface area contributed by atoms with Gasteiger partial charge in [0.15, 0.2) is 5.78 Å². The van der Waals surface area contributed by atoms with Crippen molar-refractivity contribution in [2.45, 2.75) is 12.6 Å². The minimum absolute atomic E-state index is 0.670. The van der Waals surface area contributed by atoms with E-state index in [0.29, 0.717) is 5.56 Å². The molecule has 20 heavy (non-hydrogen) atoms. The minimum atomic E-state index is -4.96. The predicted molar refractivity (Wildman–Crippen MR) is 70.5 cm³/mol. The van der Waals surface area contributed by atoms with E-state index in [9.17, 15) is 22.8 Å². The number of halogens is 3. The number of ketones is 2. The Labute approximate surface area is 114 Å². The highest BCUT2D eigenvalue weighted by molar-refractivity contribution is 6.07. The summed E-state index contributed by atoms with van der Waals surface area (Å²) in [6, 6.07) is 7.07. The summed E-state index contributed by atoms with van der Waals surface area (Å²) in [7, 11) is 3.74. The van der Waals surface area contributed by atoms with E-state index in [2.05, 4.69) is 0 Å². The van der Waals surface area contributed by atoms with E-state index < -0.39 is 24.2 Å². The molecule has 1 aromatic rings. The first-order chi connectivity index (χ1) is 9.20. The molecule has 0 amide bonds. The van der Waals surface area contributed by atoms with E-state index in [0.717, 1.165) is 11.8 Å². The van der Waals surface area contributed by atoms with Gasteiger partial charge < -0.3 is 4.90 Å². The van der Waals surface area contributed by atoms with Crippen molar-refractivity contribution in [1.29, 1.82) is 0 Å². The summed E-state index contributed by atoms with van der Waals surface area (Å²) in [4.78, 5) is 23.7. The smallest absolute Gasteiger partial charge is 0.378 e. The Balaban J connectivity index is 2.64. The molecule has 0 atom stereocenters. The second-order valence-corrected chi connectivity index (χ2v) is 4.38. The summed E-state index contributed by atoms with van der Waals surface area (Å²) in [5, 5.41) is 0. The van der Waals surface area contributed by atoms with Gasteiger partial charge >= 0.3 is 6.18 Å². The van der Waals surface area contributed by atoms with Crippen LogP contribution in [0.5, 0.6) is 0 Å². The van der Waals surface area contributed by atoms with Gasteiger partial charge in [0.05, 0.1) is 6.42 Å². The van der Waals surface area contributed by atoms with Crippen molar-refractivity contribution in [2.75, 3.05) is 19.0 Å². The fraction of sp³-hybridized carbons (Fsp3) is 0.286. The van der Waals surface area contributed by atoms with Crippen LogP contribution in [0.4, 0.5) is 18.9 Å². The largest absolute Gasteiger partial charge is 0.450 e. The van der Waals surface area contributed by atoms with Crippen molar-refractivity contribution >= 4 is 23.3 Å². The summed E-state index contributed by atoms with van der Waals surface area (Å²) in [6.45, 7) is 0. The van der Waals surface area contributed by atoms with Gasteiger partial charge in [0, 0.05) is 19.8 Å². The molecule has 1 rings (SSSR count). The van der Waals surface area contributed by atoms with Crippen LogP contribution in [0.25, 0.3) is 6.08 Å². The molecule has 0 saturated heterocycles. The summed E-state index contributed by atoms with van der Waals surface area (Å²) < 4.78 is 35.9. The molecule has 0 aliphatic heterocycles. The van der Waals surface area contributed by atoms with Gasteiger partial charge in [-0.1, -0.05) is 18.2 Å². The molecule has 0 aromatic heterocycles. The van der Waals surface area contributed by atoms with Gasteiger partial charge in [0.2, 0.25) is 5.78 Å². The van der Waals surface area contributed by atoms with Crippen LogP contribution in [-0.4, -0.2) is 31.8 Å². The number of benzene rings is 1. The SMILES string of the molecule is CN(C)c1ccc(/C=C/C(=O)CC(=O)C(F)(F)F)cc1. The Hall–Kier alpha value is -2.11. The van der Waals surface area contributed by atoms with Gasteiger partial charge in [-0.15, -0.1) is 0 Å². The Bertz CT molecular complexity index is 516. The fourth-order valence-electron chi connectivity index (χ4n) is 1.39. The number of Topliss-reactive ketones (excluding diaryl/α,β-unsaturated/α-hetero) is 1. The first-order valence-corrected chi connectivity index (χ1v) is 5.78. The fourth-order valence-corrected chi connectivity index (χ4v) is 1.39. The Morgan fingerprint density at radius 1 is 1.15 bits per heavy atom. The number of nitrogens with zero attached hydrogens (tertiary/aromatic N) is 1. The predicted octanol–water partition coefficient (Wildman–Crippen LogP) is 2.86. The monoisotopic (exact) mass is 285 g/mol. The van der Waals surface area contributed by atoms with Crippen molar-refractivity contribution in [3.63, 3.8) is 0 Å². The molecular formula is C14H14F3NO2. The molecule has 3 nitrogen and oxygen atoms in total. The first-order valence-electron chi connectivity index (χ1n) is 5.78. The lowest BCUT2D eigenvalue weighted by molar-refractivity contribution is -0.171. The topological polar surface area (TPSA) is 37.4 Å². The lowest BCUT2D eigenvalue weighted by atomic mass is 10.1. The number of anilines is 1. The van der Waals surface area contributed by atoms with E-state index in [-0.39, 0.29) is 0 Å². The van der Waals surface area contributed by atoms with Gasteiger partial charge in [0.1, 0.15) is 0 Å². The van der Waals surface area contributed by atoms with E-state index in [1.807, 2.05) is 31.1 Å². The number of carbonyl (C=O) groups excluding carboxylic acids is 2. The molecule has 108 valence electrons. The summed E-state index contributed by atoms with van der Waals surface area (Å²) in [6.07, 6.45) is -3.76. The Morgan fingerprint density at radius 2 is 1.70 bits per heavy atom. The number of hydrogen-bond acceptors (Lipinski definition) is 3. The van der Waals surface area contributed by atoms with Crippen LogP contribution >= 0.6 is 0 Å². The normalized spacial score (nSPS) is 11.7. The Morgan fingerprint density at radius 3 is 2.15 bits per heavy atom. The number of alkyl halides is 3. The van der Waals surface area contributed by atoms with Gasteiger partial charge in [-0.25, -0.2) is 0 Å². The Kier molecular flexibility index (Phi) is 5.07. The van der Waals surface area contributed by atoms with Crippen molar-refractivity contribution in [2.24, 2.45) is 0 Å². The number of hydrogen-bond donors (Lipinski definition) is 0. The maximum absolute atomic E-state index is 12.0. The van der Waals surface area contributed by atoms with Gasteiger partial charge in [-0.3, -0.25) is 9.59 Å². The third kappa shape index (κ3) is 4.87. The van der Waals surface area contributed by atoms with Crippen LogP contribution < -0.4 is 4.90 Å². The molecule has 0 spiro atoms. The lowest BCUT2D eigenvalue weighted by Crippen LogP contribution is -2.24. The number of rotatable bonds is 5. The van der Waals surface area contributed by atoms with Crippen LogP contribution in [0.1, 0.15) is 12.0 Å². The van der Waals surface area contributed by atoms with Gasteiger partial charge in [-0.2, -0.15) is 13.2 Å². The van der Waals surface area contributed by atoms with Crippen LogP contribution in [0.15, 0.2) is 30.3 Å². The molecule has 0 N–H and O–H groups in total. The van der Waals surface area contributed by atoms with Gasteiger partial charge in [0.25, 0.3) is 0 Å². The zero-order valence-corrected chi connectivity index (χ0v) is 11.1. The van der Waals surface area contributed by atoms with Crippen molar-refractivity contribution in [3.05, 3.63) is 35.9 Å². The van der Waals surface area contributed by atoms with E-state index in [1.165, 1.54) is 6.08 Å². The maximum atomic E-state index is 12.0. The quantitative estimate of drug-likeness (QED) is 0.616. The van der Waals surface area contributed by atoms with Crippen molar-refractivity contribution < 1.29 is 22.8 Å². The van der Waals surface area contributed by atoms with Crippen LogP contribution in [0.2, 0.25) is 0 Å². The molecule has 0 aliphatic rings. The van der Waals surface area contributed by atoms with E-state index in [1.54, 1.807) is 12.1 Å². The minimum Gasteiger partial charge on any atom is -0.378 e. The number of allylic oxidation sites excluding steroid dienone is 1. The van der Waals surface area contributed by atoms with Gasteiger partial charge in [-0.05, 0) is 23.8 Å². The van der Waals surface area contributed by atoms with E-state index in [4.69, 9.17) is 0 Å². The highest BCUT2D eigenvalue weighted by Crippen LogP contribution is 2.18. The third-order valence-corrected chi connectivity index (χ3v) is 2.52. The summed E-state index contributed by atoms with van der Waals surface area (Å²) >= 11 is 0. The van der Waals surface area contributed by atoms with Crippen LogP contribution in [-0.2, 0) is 9.59 Å². The van der Waals surface area contributed by atoms with Crippen LogP contribution in [0.3, 0.4) is 0 Å². The molecule has 0 unspecified atom stereocenters. The zero-order valence-electron chi connectivity index (χ0n) is 11.1. The lowest BCUT2D eigenvalue weighted by Gasteiger charge is -2.11. The summed E-state index contributed by atoms with van der Waals surface area (Å²) in [5.41, 5.74) is 1.63. The molecule has 1 aromatic carbocycles. The average molecular weight is 285 g/mol. The zero-order chi connectivity index (χ0) is 15.3. The third-order valence-electron chi connectivity index (χ3n) is 2.52. The van der Waals surface area contributed by atoms with Crippen molar-refractivity contribution in [3.8, 4) is 0 Å². The molecule has 0 fully saturated rings. The highest BCUT2D eigenvalue weighted by Gasteiger charge is 2.38. The molecular weight excluding hydrogens is 271 g/mol. The second kappa shape index (κ2) is 6.36.